The quantitative estimate of drug-likeness (QED) is 0.553. The molecule has 0 rings (SSSR count). The Balaban J connectivity index is 4.22. The highest BCUT2D eigenvalue weighted by Crippen LogP contribution is 2.01. The van der Waals surface area contributed by atoms with Crippen molar-refractivity contribution >= 4 is 21.6 Å². The van der Waals surface area contributed by atoms with Crippen LogP contribution in [0.5, 0.6) is 0 Å². The van der Waals surface area contributed by atoms with Crippen LogP contribution >= 0.6 is 11.6 Å². The van der Waals surface area contributed by atoms with Crippen molar-refractivity contribution < 1.29 is 8.42 Å². The van der Waals surface area contributed by atoms with Crippen molar-refractivity contribution in [2.75, 3.05) is 12.4 Å². The second-order valence-corrected chi connectivity index (χ2v) is 4.80. The molecule has 14 heavy (non-hydrogen) atoms. The van der Waals surface area contributed by atoms with Gasteiger partial charge >= 0.3 is 0 Å². The van der Waals surface area contributed by atoms with Gasteiger partial charge in [0.05, 0.1) is 6.07 Å². The van der Waals surface area contributed by atoms with Crippen LogP contribution in [0.2, 0.25) is 0 Å². The van der Waals surface area contributed by atoms with E-state index in [0.29, 0.717) is 5.88 Å². The highest BCUT2D eigenvalue weighted by atomic mass is 35.5. The van der Waals surface area contributed by atoms with Crippen molar-refractivity contribution in [3.8, 4) is 6.07 Å². The third kappa shape index (κ3) is 4.61. The van der Waals surface area contributed by atoms with Gasteiger partial charge in [-0.05, 0) is 6.42 Å². The van der Waals surface area contributed by atoms with E-state index in [0.717, 1.165) is 0 Å². The van der Waals surface area contributed by atoms with E-state index < -0.39 is 15.3 Å². The molecule has 0 bridgehead atoms. The maximum absolute atomic E-state index is 11.4. The molecule has 1 N–H and O–H groups in total. The fourth-order valence-corrected chi connectivity index (χ4v) is 2.02. The molecular weight excluding hydrogens is 224 g/mol. The average Bonchev–Trinajstić information content (AvgIpc) is 2.14. The van der Waals surface area contributed by atoms with E-state index in [1.165, 1.54) is 0 Å². The van der Waals surface area contributed by atoms with Gasteiger partial charge in [0.2, 0.25) is 10.0 Å². The number of alkyl halides is 1. The van der Waals surface area contributed by atoms with Gasteiger partial charge in [0.15, 0.2) is 5.25 Å². The molecule has 0 aliphatic rings. The molecule has 0 aromatic carbocycles. The van der Waals surface area contributed by atoms with Gasteiger partial charge in [-0.3, -0.25) is 0 Å². The van der Waals surface area contributed by atoms with Crippen LogP contribution in [0.4, 0.5) is 0 Å². The average molecular weight is 237 g/mol. The van der Waals surface area contributed by atoms with Crippen LogP contribution in [0, 0.1) is 11.3 Å². The Bertz CT molecular complexity index is 319. The molecule has 80 valence electrons. The highest BCUT2D eigenvalue weighted by molar-refractivity contribution is 7.90. The minimum atomic E-state index is -3.51. The number of sulfonamides is 1. The van der Waals surface area contributed by atoms with Crippen LogP contribution in [0.1, 0.15) is 13.3 Å². The predicted molar refractivity (Wildman–Crippen MR) is 56.5 cm³/mol. The Morgan fingerprint density at radius 1 is 1.57 bits per heavy atom. The van der Waals surface area contributed by atoms with Crippen LogP contribution in [-0.4, -0.2) is 26.1 Å². The summed E-state index contributed by atoms with van der Waals surface area (Å²) in [7, 11) is -3.51. The summed E-state index contributed by atoms with van der Waals surface area (Å²) in [6.07, 6.45) is 3.52. The Labute approximate surface area is 89.6 Å². The van der Waals surface area contributed by atoms with Gasteiger partial charge in [0, 0.05) is 12.4 Å². The summed E-state index contributed by atoms with van der Waals surface area (Å²) in [4.78, 5) is 0. The predicted octanol–water partition coefficient (Wildman–Crippen LogP) is 1.00. The van der Waals surface area contributed by atoms with Crippen molar-refractivity contribution in [1.29, 1.82) is 5.26 Å². The maximum atomic E-state index is 11.4. The van der Waals surface area contributed by atoms with Gasteiger partial charge in [-0.15, -0.1) is 11.6 Å². The Kier molecular flexibility index (Phi) is 6.54. The zero-order valence-electron chi connectivity index (χ0n) is 7.90. The summed E-state index contributed by atoms with van der Waals surface area (Å²) in [5, 5.41) is 7.58. The zero-order valence-corrected chi connectivity index (χ0v) is 9.48. The molecule has 0 aromatic rings. The molecule has 1 unspecified atom stereocenters. The summed E-state index contributed by atoms with van der Waals surface area (Å²) >= 11 is 5.35. The van der Waals surface area contributed by atoms with Crippen molar-refractivity contribution in [2.45, 2.75) is 18.6 Å². The minimum absolute atomic E-state index is 0.174. The summed E-state index contributed by atoms with van der Waals surface area (Å²) in [6, 6.07) is 1.73. The first-order chi connectivity index (χ1) is 6.58. The molecule has 0 fully saturated rings. The van der Waals surface area contributed by atoms with Crippen LogP contribution in [-0.2, 0) is 10.0 Å². The van der Waals surface area contributed by atoms with Gasteiger partial charge < -0.3 is 0 Å². The number of rotatable bonds is 6. The first-order valence-electron chi connectivity index (χ1n) is 4.17. The first kappa shape index (κ1) is 13.4. The number of nitrogens with one attached hydrogen (secondary N) is 1. The zero-order chi connectivity index (χ0) is 11.0. The lowest BCUT2D eigenvalue weighted by molar-refractivity contribution is 0.576. The first-order valence-corrected chi connectivity index (χ1v) is 6.25. The molecule has 0 aliphatic heterocycles. The molecule has 4 nitrogen and oxygen atoms in total. The molecule has 0 aromatic heterocycles. The van der Waals surface area contributed by atoms with E-state index in [2.05, 4.69) is 4.72 Å². The van der Waals surface area contributed by atoms with Gasteiger partial charge in [-0.1, -0.05) is 19.1 Å². The molecule has 0 heterocycles. The fourth-order valence-electron chi connectivity index (χ4n) is 0.791. The van der Waals surface area contributed by atoms with E-state index >= 15 is 0 Å². The monoisotopic (exact) mass is 236 g/mol. The van der Waals surface area contributed by atoms with E-state index in [1.807, 2.05) is 0 Å². The molecule has 0 aliphatic carbocycles. The van der Waals surface area contributed by atoms with E-state index in [1.54, 1.807) is 25.1 Å². The Morgan fingerprint density at radius 2 is 2.21 bits per heavy atom. The largest absolute Gasteiger partial charge is 0.228 e. The molecule has 0 spiro atoms. The van der Waals surface area contributed by atoms with Crippen molar-refractivity contribution in [2.24, 2.45) is 0 Å². The van der Waals surface area contributed by atoms with Crippen LogP contribution < -0.4 is 4.72 Å². The van der Waals surface area contributed by atoms with E-state index in [9.17, 15) is 8.42 Å². The van der Waals surface area contributed by atoms with Crippen LogP contribution in [0.15, 0.2) is 12.2 Å². The molecule has 1 atom stereocenters. The lowest BCUT2D eigenvalue weighted by Crippen LogP contribution is -2.33. The molecule has 0 radical (unpaired) electrons. The Morgan fingerprint density at radius 3 is 2.64 bits per heavy atom. The normalized spacial score (nSPS) is 14.1. The molecule has 0 amide bonds. The smallest absolute Gasteiger partial charge is 0.211 e. The van der Waals surface area contributed by atoms with Gasteiger partial charge in [0.25, 0.3) is 0 Å². The van der Waals surface area contributed by atoms with Crippen molar-refractivity contribution in [3.05, 3.63) is 12.2 Å². The third-order valence-electron chi connectivity index (χ3n) is 1.55. The summed E-state index contributed by atoms with van der Waals surface area (Å²) in [6.45, 7) is 1.83. The van der Waals surface area contributed by atoms with Crippen molar-refractivity contribution in [1.82, 2.24) is 4.72 Å². The van der Waals surface area contributed by atoms with Crippen LogP contribution in [0.25, 0.3) is 0 Å². The maximum Gasteiger partial charge on any atom is 0.228 e. The third-order valence-corrected chi connectivity index (χ3v) is 3.48. The molecule has 0 saturated carbocycles. The summed E-state index contributed by atoms with van der Waals surface area (Å²) < 4.78 is 25.0. The van der Waals surface area contributed by atoms with Crippen LogP contribution in [0.3, 0.4) is 0 Å². The molecular formula is C8H13ClN2O2S. The lowest BCUT2D eigenvalue weighted by atomic mass is 10.4. The second kappa shape index (κ2) is 6.82. The summed E-state index contributed by atoms with van der Waals surface area (Å²) in [5.74, 6) is 0.344. The second-order valence-electron chi connectivity index (χ2n) is 2.55. The Hall–Kier alpha value is -0.570. The highest BCUT2D eigenvalue weighted by Gasteiger charge is 2.21. The number of allylic oxidation sites excluding steroid dienone is 1. The van der Waals surface area contributed by atoms with Gasteiger partial charge in [0.1, 0.15) is 0 Å². The number of hydrogen-bond donors (Lipinski definition) is 1. The summed E-state index contributed by atoms with van der Waals surface area (Å²) in [5.41, 5.74) is 0. The number of hydrogen-bond acceptors (Lipinski definition) is 3. The van der Waals surface area contributed by atoms with Gasteiger partial charge in [-0.25, -0.2) is 13.1 Å². The molecule has 0 saturated heterocycles. The van der Waals surface area contributed by atoms with E-state index in [4.69, 9.17) is 16.9 Å². The topological polar surface area (TPSA) is 70.0 Å². The minimum Gasteiger partial charge on any atom is -0.211 e. The van der Waals surface area contributed by atoms with Crippen molar-refractivity contribution in [3.63, 3.8) is 0 Å². The lowest BCUT2D eigenvalue weighted by Gasteiger charge is -2.07. The standard InChI is InChI=1S/C8H13ClN2O2S/c1-2-8(7-10)14(12,13)11-6-4-3-5-9/h3-4,8,11H,2,5-6H2,1H3/b4-3+. The number of halogens is 1. The SMILES string of the molecule is CCC(C#N)S(=O)(=O)NC/C=C/CCl. The number of nitrogens with zero attached hydrogens (tertiary/aromatic N) is 1. The number of nitriles is 1. The van der Waals surface area contributed by atoms with Gasteiger partial charge in [-0.2, -0.15) is 5.26 Å². The fraction of sp³-hybridized carbons (Fsp3) is 0.625. The van der Waals surface area contributed by atoms with E-state index in [-0.39, 0.29) is 13.0 Å². The molecule has 6 heteroatoms.